The minimum atomic E-state index is 0.0317. The largest absolute Gasteiger partial charge is 0.386 e. The molecule has 0 aromatic carbocycles. The molecule has 0 spiro atoms. The topological polar surface area (TPSA) is 37.3 Å². The van der Waals surface area contributed by atoms with Gasteiger partial charge < -0.3 is 5.11 Å². The lowest BCUT2D eigenvalue weighted by molar-refractivity contribution is -0.132. The molecule has 4 fully saturated rings. The van der Waals surface area contributed by atoms with Crippen molar-refractivity contribution in [2.24, 2.45) is 35.0 Å². The van der Waals surface area contributed by atoms with Crippen LogP contribution in [-0.2, 0) is 4.79 Å². The molecule has 3 heteroatoms. The van der Waals surface area contributed by atoms with E-state index in [-0.39, 0.29) is 11.4 Å². The zero-order chi connectivity index (χ0) is 16.2. The van der Waals surface area contributed by atoms with E-state index in [1.165, 1.54) is 44.9 Å². The van der Waals surface area contributed by atoms with Crippen LogP contribution in [0.15, 0.2) is 0 Å². The van der Waals surface area contributed by atoms with E-state index >= 15 is 0 Å². The minimum Gasteiger partial charge on any atom is -0.386 e. The van der Waals surface area contributed by atoms with Crippen LogP contribution in [0, 0.1) is 35.0 Å². The average molecular weight is 337 g/mol. The number of rotatable bonds is 2. The SMILES string of the molecule is CC1(SCO)CC[C@H]2[C@@H](CC[C@@H]3[C@@H]2CC[C@]2(C)C(=O)CC[C@@H]32)C1. The van der Waals surface area contributed by atoms with Gasteiger partial charge in [-0.25, -0.2) is 0 Å². The maximum absolute atomic E-state index is 12.4. The lowest BCUT2D eigenvalue weighted by Crippen LogP contribution is -2.50. The molecule has 4 aliphatic rings. The normalized spacial score (nSPS) is 52.7. The Morgan fingerprint density at radius 2 is 1.83 bits per heavy atom. The van der Waals surface area contributed by atoms with Gasteiger partial charge >= 0.3 is 0 Å². The summed E-state index contributed by atoms with van der Waals surface area (Å²) >= 11 is 1.77. The summed E-state index contributed by atoms with van der Waals surface area (Å²) in [6.07, 6.45) is 11.1. The van der Waals surface area contributed by atoms with Gasteiger partial charge in [0.25, 0.3) is 0 Å². The number of carbonyl (C=O) groups is 1. The molecule has 130 valence electrons. The van der Waals surface area contributed by atoms with Gasteiger partial charge in [0.15, 0.2) is 0 Å². The first-order valence-corrected chi connectivity index (χ1v) is 10.7. The standard InChI is InChI=1S/C20H32O2S/c1-19(23-12-21)9-7-14-13(11-19)3-4-16-15(14)8-10-20(2)17(16)5-6-18(20)22/h13-17,21H,3-12H2,1-2H3/t13-,14-,15+,16+,17-,19?,20-/m0/s1. The average Bonchev–Trinajstić information content (AvgIpc) is 2.82. The Bertz CT molecular complexity index is 492. The zero-order valence-corrected chi connectivity index (χ0v) is 15.5. The fraction of sp³-hybridized carbons (Fsp3) is 0.950. The lowest BCUT2D eigenvalue weighted by Gasteiger charge is -2.56. The summed E-state index contributed by atoms with van der Waals surface area (Å²) in [5.41, 5.74) is 0.0317. The van der Waals surface area contributed by atoms with Crippen molar-refractivity contribution in [3.05, 3.63) is 0 Å². The summed E-state index contributed by atoms with van der Waals surface area (Å²) in [5.74, 6) is 5.02. The maximum Gasteiger partial charge on any atom is 0.139 e. The minimum absolute atomic E-state index is 0.0317. The molecule has 0 radical (unpaired) electrons. The van der Waals surface area contributed by atoms with Crippen LogP contribution in [0.2, 0.25) is 0 Å². The van der Waals surface area contributed by atoms with Gasteiger partial charge in [0.2, 0.25) is 0 Å². The van der Waals surface area contributed by atoms with E-state index in [1.54, 1.807) is 11.8 Å². The van der Waals surface area contributed by atoms with Crippen LogP contribution in [-0.4, -0.2) is 21.6 Å². The predicted octanol–water partition coefficient (Wildman–Crippen LogP) is 4.65. The quantitative estimate of drug-likeness (QED) is 0.746. The van der Waals surface area contributed by atoms with Crippen molar-refractivity contribution in [1.82, 2.24) is 0 Å². The smallest absolute Gasteiger partial charge is 0.139 e. The number of ketones is 1. The van der Waals surface area contributed by atoms with Crippen LogP contribution >= 0.6 is 11.8 Å². The first kappa shape index (κ1) is 16.4. The number of aliphatic hydroxyl groups is 1. The second kappa shape index (κ2) is 5.76. The van der Waals surface area contributed by atoms with E-state index in [0.717, 1.165) is 36.5 Å². The van der Waals surface area contributed by atoms with Crippen LogP contribution < -0.4 is 0 Å². The summed E-state index contributed by atoms with van der Waals surface area (Å²) in [5, 5.41) is 9.35. The summed E-state index contributed by atoms with van der Waals surface area (Å²) in [7, 11) is 0. The van der Waals surface area contributed by atoms with E-state index in [0.29, 0.717) is 16.4 Å². The molecule has 4 rings (SSSR count). The molecule has 0 bridgehead atoms. The summed E-state index contributed by atoms with van der Waals surface area (Å²) in [6.45, 7) is 4.65. The van der Waals surface area contributed by atoms with Crippen molar-refractivity contribution >= 4 is 17.5 Å². The second-order valence-electron chi connectivity index (χ2n) is 9.32. The molecule has 4 aliphatic carbocycles. The number of Topliss-reactive ketones (excluding diaryl/α,β-unsaturated/α-hetero) is 1. The molecule has 7 atom stereocenters. The van der Waals surface area contributed by atoms with Crippen LogP contribution in [0.5, 0.6) is 0 Å². The van der Waals surface area contributed by atoms with Gasteiger partial charge in [0, 0.05) is 16.6 Å². The zero-order valence-electron chi connectivity index (χ0n) is 14.7. The highest BCUT2D eigenvalue weighted by molar-refractivity contribution is 8.00. The Kier molecular flexibility index (Phi) is 4.12. The lowest BCUT2D eigenvalue weighted by atomic mass is 9.50. The maximum atomic E-state index is 12.4. The number of fused-ring (bicyclic) bond motifs is 5. The summed E-state index contributed by atoms with van der Waals surface area (Å²) in [4.78, 5) is 12.4. The van der Waals surface area contributed by atoms with Crippen molar-refractivity contribution in [2.75, 3.05) is 5.94 Å². The molecule has 0 aromatic rings. The number of hydrogen-bond donors (Lipinski definition) is 1. The Morgan fingerprint density at radius 3 is 2.61 bits per heavy atom. The van der Waals surface area contributed by atoms with Crippen LogP contribution in [0.3, 0.4) is 0 Å². The third-order valence-electron chi connectivity index (χ3n) is 8.34. The van der Waals surface area contributed by atoms with Crippen LogP contribution in [0.4, 0.5) is 0 Å². The van der Waals surface area contributed by atoms with Crippen LogP contribution in [0.25, 0.3) is 0 Å². The Balaban J connectivity index is 1.51. The second-order valence-corrected chi connectivity index (χ2v) is 10.9. The monoisotopic (exact) mass is 336 g/mol. The molecule has 1 unspecified atom stereocenters. The molecule has 23 heavy (non-hydrogen) atoms. The molecule has 0 aliphatic heterocycles. The first-order chi connectivity index (χ1) is 11.0. The molecule has 0 heterocycles. The summed E-state index contributed by atoms with van der Waals surface area (Å²) < 4.78 is 0.301. The third-order valence-corrected chi connectivity index (χ3v) is 9.54. The molecular weight excluding hydrogens is 304 g/mol. The first-order valence-electron chi connectivity index (χ1n) is 9.75. The van der Waals surface area contributed by atoms with Gasteiger partial charge in [-0.3, -0.25) is 4.79 Å². The van der Waals surface area contributed by atoms with E-state index in [4.69, 9.17) is 0 Å². The predicted molar refractivity (Wildman–Crippen MR) is 95.2 cm³/mol. The van der Waals surface area contributed by atoms with Gasteiger partial charge in [-0.05, 0) is 81.0 Å². The van der Waals surface area contributed by atoms with Crippen molar-refractivity contribution in [2.45, 2.75) is 76.4 Å². The highest BCUT2D eigenvalue weighted by Gasteiger charge is 2.57. The van der Waals surface area contributed by atoms with Crippen LogP contribution in [0.1, 0.15) is 71.6 Å². The Morgan fingerprint density at radius 1 is 1.04 bits per heavy atom. The molecule has 4 saturated carbocycles. The van der Waals surface area contributed by atoms with Gasteiger partial charge in [0.1, 0.15) is 5.78 Å². The molecular formula is C20H32O2S. The number of hydrogen-bond acceptors (Lipinski definition) is 3. The van der Waals surface area contributed by atoms with Crippen molar-refractivity contribution in [3.8, 4) is 0 Å². The van der Waals surface area contributed by atoms with Gasteiger partial charge in [-0.15, -0.1) is 11.8 Å². The van der Waals surface area contributed by atoms with E-state index in [9.17, 15) is 9.90 Å². The highest BCUT2D eigenvalue weighted by Crippen LogP contribution is 2.62. The highest BCUT2D eigenvalue weighted by atomic mass is 32.2. The van der Waals surface area contributed by atoms with Crippen molar-refractivity contribution in [1.29, 1.82) is 0 Å². The molecule has 0 saturated heterocycles. The van der Waals surface area contributed by atoms with Gasteiger partial charge in [-0.1, -0.05) is 13.8 Å². The van der Waals surface area contributed by atoms with Gasteiger partial charge in [0.05, 0.1) is 5.94 Å². The van der Waals surface area contributed by atoms with Gasteiger partial charge in [-0.2, -0.15) is 0 Å². The fourth-order valence-electron chi connectivity index (χ4n) is 7.12. The van der Waals surface area contributed by atoms with E-state index < -0.39 is 0 Å². The number of aliphatic hydroxyl groups excluding tert-OH is 1. The molecule has 0 aromatic heterocycles. The van der Waals surface area contributed by atoms with Crippen molar-refractivity contribution < 1.29 is 9.90 Å². The number of thioether (sulfide) groups is 1. The third kappa shape index (κ3) is 2.52. The van der Waals surface area contributed by atoms with E-state index in [2.05, 4.69) is 13.8 Å². The Labute approximate surface area is 145 Å². The summed E-state index contributed by atoms with van der Waals surface area (Å²) in [6, 6.07) is 0. The van der Waals surface area contributed by atoms with E-state index in [1.807, 2.05) is 0 Å². The molecule has 0 amide bonds. The molecule has 2 nitrogen and oxygen atoms in total. The Hall–Kier alpha value is -0.0200. The van der Waals surface area contributed by atoms with Crippen molar-refractivity contribution in [3.63, 3.8) is 0 Å². The molecule has 1 N–H and O–H groups in total. The number of carbonyl (C=O) groups excluding carboxylic acids is 1. The fourth-order valence-corrected chi connectivity index (χ4v) is 8.03.